The Morgan fingerprint density at radius 1 is 1.14 bits per heavy atom. The van der Waals surface area contributed by atoms with Crippen LogP contribution in [0.25, 0.3) is 10.8 Å². The molecule has 2 aromatic rings. The maximum absolute atomic E-state index is 12.1. The number of carboxylic acid groups (broad SMARTS) is 1. The molecular weight excluding hydrogens is 280 g/mol. The predicted molar refractivity (Wildman–Crippen MR) is 86.9 cm³/mol. The van der Waals surface area contributed by atoms with Crippen molar-refractivity contribution in [3.63, 3.8) is 0 Å². The minimum absolute atomic E-state index is 0.0987. The molecule has 0 fully saturated rings. The number of benzene rings is 2. The molecule has 0 aliphatic rings. The van der Waals surface area contributed by atoms with Gasteiger partial charge in [0.25, 0.3) is 0 Å². The Hall–Kier alpha value is -2.40. The number of rotatable bonds is 7. The summed E-state index contributed by atoms with van der Waals surface area (Å²) < 4.78 is 0. The maximum Gasteiger partial charge on any atom is 0.321 e. The Balaban J connectivity index is 2.08. The first kappa shape index (κ1) is 16.0. The largest absolute Gasteiger partial charge is 0.480 e. The van der Waals surface area contributed by atoms with Gasteiger partial charge in [0.15, 0.2) is 0 Å². The molecule has 0 radical (unpaired) electrons. The zero-order valence-corrected chi connectivity index (χ0v) is 12.5. The molecule has 0 unspecified atom stereocenters. The first-order valence-electron chi connectivity index (χ1n) is 7.35. The molecule has 0 spiro atoms. The number of nitrogens with one attached hydrogen (secondary N) is 2. The Kier molecular flexibility index (Phi) is 5.49. The molecule has 0 saturated heterocycles. The molecule has 0 heterocycles. The molecule has 0 saturated carbocycles. The van der Waals surface area contributed by atoms with Gasteiger partial charge in [0.05, 0.1) is 6.42 Å². The van der Waals surface area contributed by atoms with E-state index in [0.717, 1.165) is 17.2 Å². The van der Waals surface area contributed by atoms with Gasteiger partial charge in [-0.15, -0.1) is 0 Å². The van der Waals surface area contributed by atoms with Crippen LogP contribution in [0.3, 0.4) is 0 Å². The third kappa shape index (κ3) is 4.05. The van der Waals surface area contributed by atoms with E-state index in [1.165, 1.54) is 0 Å². The van der Waals surface area contributed by atoms with Crippen LogP contribution < -0.4 is 10.6 Å². The van der Waals surface area contributed by atoms with Crippen molar-refractivity contribution in [3.8, 4) is 0 Å². The highest BCUT2D eigenvalue weighted by Crippen LogP contribution is 2.23. The summed E-state index contributed by atoms with van der Waals surface area (Å²) >= 11 is 0. The SMILES string of the molecule is CCCN[C@H](CC(=O)Nc1cccc2ccccc12)C(=O)O. The summed E-state index contributed by atoms with van der Waals surface area (Å²) in [5, 5.41) is 16.8. The van der Waals surface area contributed by atoms with Crippen LogP contribution in [-0.4, -0.2) is 29.6 Å². The zero-order chi connectivity index (χ0) is 15.9. The second-order valence-corrected chi connectivity index (χ2v) is 5.12. The summed E-state index contributed by atoms with van der Waals surface area (Å²) in [7, 11) is 0. The fraction of sp³-hybridized carbons (Fsp3) is 0.294. The van der Waals surface area contributed by atoms with Crippen LogP contribution >= 0.6 is 0 Å². The molecule has 2 aromatic carbocycles. The molecule has 0 aliphatic heterocycles. The van der Waals surface area contributed by atoms with E-state index >= 15 is 0 Å². The van der Waals surface area contributed by atoms with Crippen molar-refractivity contribution in [1.29, 1.82) is 0 Å². The fourth-order valence-electron chi connectivity index (χ4n) is 2.29. The smallest absolute Gasteiger partial charge is 0.321 e. The van der Waals surface area contributed by atoms with Crippen LogP contribution in [0.2, 0.25) is 0 Å². The first-order valence-corrected chi connectivity index (χ1v) is 7.35. The Morgan fingerprint density at radius 3 is 2.59 bits per heavy atom. The normalized spacial score (nSPS) is 12.0. The van der Waals surface area contributed by atoms with E-state index in [9.17, 15) is 9.59 Å². The van der Waals surface area contributed by atoms with Crippen molar-refractivity contribution in [1.82, 2.24) is 5.32 Å². The van der Waals surface area contributed by atoms with Crippen molar-refractivity contribution in [2.24, 2.45) is 0 Å². The Morgan fingerprint density at radius 2 is 1.86 bits per heavy atom. The third-order valence-corrected chi connectivity index (χ3v) is 3.39. The van der Waals surface area contributed by atoms with Crippen LogP contribution in [0.4, 0.5) is 5.69 Å². The highest BCUT2D eigenvalue weighted by atomic mass is 16.4. The molecule has 0 aliphatic carbocycles. The lowest BCUT2D eigenvalue weighted by molar-refractivity contribution is -0.141. The van der Waals surface area contributed by atoms with Crippen LogP contribution in [0.15, 0.2) is 42.5 Å². The molecule has 5 heteroatoms. The van der Waals surface area contributed by atoms with Crippen LogP contribution in [0.1, 0.15) is 19.8 Å². The van der Waals surface area contributed by atoms with Gasteiger partial charge in [-0.2, -0.15) is 0 Å². The molecular formula is C17H20N2O3. The summed E-state index contributed by atoms with van der Waals surface area (Å²) in [5.74, 6) is -1.33. The highest BCUT2D eigenvalue weighted by Gasteiger charge is 2.20. The van der Waals surface area contributed by atoms with Gasteiger partial charge in [-0.3, -0.25) is 9.59 Å². The quantitative estimate of drug-likeness (QED) is 0.734. The van der Waals surface area contributed by atoms with Crippen molar-refractivity contribution < 1.29 is 14.7 Å². The molecule has 0 bridgehead atoms. The lowest BCUT2D eigenvalue weighted by atomic mass is 10.1. The Labute approximate surface area is 129 Å². The monoisotopic (exact) mass is 300 g/mol. The molecule has 22 heavy (non-hydrogen) atoms. The van der Waals surface area contributed by atoms with Gasteiger partial charge >= 0.3 is 5.97 Å². The zero-order valence-electron chi connectivity index (χ0n) is 12.5. The van der Waals surface area contributed by atoms with E-state index < -0.39 is 12.0 Å². The number of fused-ring (bicyclic) bond motifs is 1. The summed E-state index contributed by atoms with van der Waals surface area (Å²) in [6.45, 7) is 2.51. The molecule has 5 nitrogen and oxygen atoms in total. The number of aliphatic carboxylic acids is 1. The van der Waals surface area contributed by atoms with E-state index in [2.05, 4.69) is 10.6 Å². The average molecular weight is 300 g/mol. The highest BCUT2D eigenvalue weighted by molar-refractivity contribution is 6.03. The van der Waals surface area contributed by atoms with E-state index in [1.54, 1.807) is 0 Å². The van der Waals surface area contributed by atoms with Gasteiger partial charge in [-0.05, 0) is 24.4 Å². The van der Waals surface area contributed by atoms with Gasteiger partial charge in [0, 0.05) is 11.1 Å². The number of amides is 1. The standard InChI is InChI=1S/C17H20N2O3/c1-2-10-18-15(17(21)22)11-16(20)19-14-9-5-7-12-6-3-4-8-13(12)14/h3-9,15,18H,2,10-11H2,1H3,(H,19,20)(H,21,22)/t15-/m1/s1. The summed E-state index contributed by atoms with van der Waals surface area (Å²) in [4.78, 5) is 23.3. The predicted octanol–water partition coefficient (Wildman–Crippen LogP) is 2.62. The van der Waals surface area contributed by atoms with Gasteiger partial charge in [-0.25, -0.2) is 0 Å². The second-order valence-electron chi connectivity index (χ2n) is 5.12. The Bertz CT molecular complexity index is 665. The van der Waals surface area contributed by atoms with Crippen LogP contribution in [0, 0.1) is 0 Å². The molecule has 1 atom stereocenters. The average Bonchev–Trinajstić information content (AvgIpc) is 2.51. The minimum atomic E-state index is -1.01. The lowest BCUT2D eigenvalue weighted by Crippen LogP contribution is -2.40. The second kappa shape index (κ2) is 7.56. The van der Waals surface area contributed by atoms with Gasteiger partial charge < -0.3 is 15.7 Å². The number of carbonyl (C=O) groups is 2. The van der Waals surface area contributed by atoms with E-state index in [4.69, 9.17) is 5.11 Å². The molecule has 2 rings (SSSR count). The summed E-state index contributed by atoms with van der Waals surface area (Å²) in [6, 6.07) is 12.5. The number of carboxylic acids is 1. The van der Waals surface area contributed by atoms with Crippen molar-refractivity contribution in [2.45, 2.75) is 25.8 Å². The summed E-state index contributed by atoms with van der Waals surface area (Å²) in [6.07, 6.45) is 0.716. The summed E-state index contributed by atoms with van der Waals surface area (Å²) in [5.41, 5.74) is 0.697. The number of hydrogen-bond acceptors (Lipinski definition) is 3. The lowest BCUT2D eigenvalue weighted by Gasteiger charge is -2.14. The molecule has 1 amide bonds. The van der Waals surface area contributed by atoms with Crippen molar-refractivity contribution in [2.75, 3.05) is 11.9 Å². The number of carbonyl (C=O) groups excluding carboxylic acids is 1. The van der Waals surface area contributed by atoms with Crippen molar-refractivity contribution >= 4 is 28.3 Å². The number of anilines is 1. The topological polar surface area (TPSA) is 78.4 Å². The van der Waals surface area contributed by atoms with Crippen LogP contribution in [-0.2, 0) is 9.59 Å². The third-order valence-electron chi connectivity index (χ3n) is 3.39. The van der Waals surface area contributed by atoms with E-state index in [-0.39, 0.29) is 12.3 Å². The van der Waals surface area contributed by atoms with Gasteiger partial charge in [0.1, 0.15) is 6.04 Å². The van der Waals surface area contributed by atoms with Crippen molar-refractivity contribution in [3.05, 3.63) is 42.5 Å². The van der Waals surface area contributed by atoms with Gasteiger partial charge in [-0.1, -0.05) is 43.3 Å². The van der Waals surface area contributed by atoms with E-state index in [1.807, 2.05) is 49.4 Å². The van der Waals surface area contributed by atoms with Gasteiger partial charge in [0.2, 0.25) is 5.91 Å². The maximum atomic E-state index is 12.1. The molecule has 116 valence electrons. The van der Waals surface area contributed by atoms with Crippen LogP contribution in [0.5, 0.6) is 0 Å². The minimum Gasteiger partial charge on any atom is -0.480 e. The molecule has 0 aromatic heterocycles. The fourth-order valence-corrected chi connectivity index (χ4v) is 2.29. The molecule has 3 N–H and O–H groups in total. The first-order chi connectivity index (χ1) is 10.6. The number of hydrogen-bond donors (Lipinski definition) is 3. The van der Waals surface area contributed by atoms with E-state index in [0.29, 0.717) is 12.2 Å².